The number of benzene rings is 3. The van der Waals surface area contributed by atoms with Gasteiger partial charge in [0.1, 0.15) is 16.7 Å². The molecule has 102 valence electrons. The standard InChI is InChI=1S/C18H13FNS/c19-13-9-11-14(12-10-13)21-17-7-3-1-5-15(17)20-16-6-2-4-8-18(16)21/h1-12,20H/q+1. The van der Waals surface area contributed by atoms with Gasteiger partial charge in [0.15, 0.2) is 14.7 Å². The molecule has 0 bridgehead atoms. The molecule has 0 saturated heterocycles. The first kappa shape index (κ1) is 12.5. The fourth-order valence-electron chi connectivity index (χ4n) is 2.58. The Bertz CT molecular complexity index is 753. The molecule has 1 aliphatic heterocycles. The van der Waals surface area contributed by atoms with Crippen LogP contribution in [0, 0.1) is 5.82 Å². The summed E-state index contributed by atoms with van der Waals surface area (Å²) in [5.74, 6) is -0.195. The van der Waals surface area contributed by atoms with Gasteiger partial charge in [-0.1, -0.05) is 24.3 Å². The Morgan fingerprint density at radius 3 is 1.76 bits per heavy atom. The number of fused-ring (bicyclic) bond motifs is 2. The molecule has 0 saturated carbocycles. The maximum Gasteiger partial charge on any atom is 0.190 e. The highest BCUT2D eigenvalue weighted by Gasteiger charge is 2.37. The Kier molecular flexibility index (Phi) is 2.93. The van der Waals surface area contributed by atoms with Crippen LogP contribution in [-0.4, -0.2) is 0 Å². The molecule has 3 heteroatoms. The van der Waals surface area contributed by atoms with E-state index < -0.39 is 0 Å². The molecule has 1 aliphatic rings. The maximum absolute atomic E-state index is 13.2. The van der Waals surface area contributed by atoms with Gasteiger partial charge in [0.25, 0.3) is 0 Å². The van der Waals surface area contributed by atoms with Gasteiger partial charge in [0.2, 0.25) is 0 Å². The summed E-state index contributed by atoms with van der Waals surface area (Å²) >= 11 is 0. The summed E-state index contributed by atoms with van der Waals surface area (Å²) in [6, 6.07) is 23.5. The lowest BCUT2D eigenvalue weighted by Crippen LogP contribution is -2.14. The van der Waals surface area contributed by atoms with Crippen molar-refractivity contribution in [2.75, 3.05) is 5.32 Å². The van der Waals surface area contributed by atoms with E-state index in [1.54, 1.807) is 0 Å². The van der Waals surface area contributed by atoms with Gasteiger partial charge in [0, 0.05) is 0 Å². The molecular formula is C18H13FNS+. The third-order valence-electron chi connectivity index (χ3n) is 3.53. The van der Waals surface area contributed by atoms with Crippen LogP contribution in [0.1, 0.15) is 0 Å². The second-order valence-electron chi connectivity index (χ2n) is 4.88. The number of rotatable bonds is 1. The van der Waals surface area contributed by atoms with Gasteiger partial charge >= 0.3 is 0 Å². The van der Waals surface area contributed by atoms with Crippen LogP contribution in [0.4, 0.5) is 15.8 Å². The minimum Gasteiger partial charge on any atom is -0.347 e. The fraction of sp³-hybridized carbons (Fsp3) is 0. The van der Waals surface area contributed by atoms with E-state index in [4.69, 9.17) is 0 Å². The van der Waals surface area contributed by atoms with Gasteiger partial charge in [-0.15, -0.1) is 0 Å². The Morgan fingerprint density at radius 1 is 0.667 bits per heavy atom. The highest BCUT2D eigenvalue weighted by Crippen LogP contribution is 2.43. The summed E-state index contributed by atoms with van der Waals surface area (Å²) in [6.07, 6.45) is 0. The Balaban J connectivity index is 1.95. The highest BCUT2D eigenvalue weighted by atomic mass is 32.2. The maximum atomic E-state index is 13.2. The summed E-state index contributed by atoms with van der Waals surface area (Å²) in [6.45, 7) is 0. The van der Waals surface area contributed by atoms with Crippen molar-refractivity contribution in [3.63, 3.8) is 0 Å². The van der Waals surface area contributed by atoms with Crippen molar-refractivity contribution in [3.05, 3.63) is 78.6 Å². The molecule has 3 aromatic rings. The Labute approximate surface area is 125 Å². The summed E-state index contributed by atoms with van der Waals surface area (Å²) in [7, 11) is -0.195. The van der Waals surface area contributed by atoms with Crippen molar-refractivity contribution in [2.45, 2.75) is 14.7 Å². The zero-order valence-electron chi connectivity index (χ0n) is 11.2. The molecule has 0 unspecified atom stereocenters. The molecule has 1 N–H and O–H groups in total. The first-order valence-corrected chi connectivity index (χ1v) is 8.00. The van der Waals surface area contributed by atoms with Crippen LogP contribution in [0.15, 0.2) is 87.5 Å². The largest absolute Gasteiger partial charge is 0.347 e. The molecule has 0 aromatic heterocycles. The highest BCUT2D eigenvalue weighted by molar-refractivity contribution is 7.97. The van der Waals surface area contributed by atoms with Gasteiger partial charge in [-0.05, 0) is 48.5 Å². The van der Waals surface area contributed by atoms with E-state index in [1.165, 1.54) is 21.9 Å². The molecule has 0 aliphatic carbocycles. The van der Waals surface area contributed by atoms with Crippen molar-refractivity contribution in [3.8, 4) is 0 Å². The van der Waals surface area contributed by atoms with E-state index >= 15 is 0 Å². The summed E-state index contributed by atoms with van der Waals surface area (Å²) in [4.78, 5) is 3.64. The average Bonchev–Trinajstić information content (AvgIpc) is 2.53. The molecule has 1 heterocycles. The van der Waals surface area contributed by atoms with Crippen LogP contribution < -0.4 is 5.32 Å². The smallest absolute Gasteiger partial charge is 0.190 e. The van der Waals surface area contributed by atoms with Crippen LogP contribution in [0.25, 0.3) is 0 Å². The SMILES string of the molecule is Fc1ccc([S+]2c3ccccc3Nc3ccccc32)cc1. The molecule has 3 aromatic carbocycles. The molecule has 0 atom stereocenters. The van der Waals surface area contributed by atoms with Crippen LogP contribution in [0.5, 0.6) is 0 Å². The molecule has 4 rings (SSSR count). The molecule has 0 amide bonds. The zero-order chi connectivity index (χ0) is 14.2. The lowest BCUT2D eigenvalue weighted by atomic mass is 10.2. The number of hydrogen-bond donors (Lipinski definition) is 1. The second-order valence-corrected chi connectivity index (χ2v) is 6.84. The third kappa shape index (κ3) is 2.10. The van der Waals surface area contributed by atoms with Crippen LogP contribution in [0.3, 0.4) is 0 Å². The molecular weight excluding hydrogens is 281 g/mol. The quantitative estimate of drug-likeness (QED) is 0.488. The van der Waals surface area contributed by atoms with Crippen LogP contribution in [0.2, 0.25) is 0 Å². The Morgan fingerprint density at radius 2 is 1.19 bits per heavy atom. The van der Waals surface area contributed by atoms with Crippen LogP contribution >= 0.6 is 0 Å². The van der Waals surface area contributed by atoms with Gasteiger partial charge in [-0.3, -0.25) is 0 Å². The third-order valence-corrected chi connectivity index (χ3v) is 5.87. The van der Waals surface area contributed by atoms with Gasteiger partial charge in [-0.25, -0.2) is 4.39 Å². The van der Waals surface area contributed by atoms with E-state index in [1.807, 2.05) is 24.3 Å². The fourth-order valence-corrected chi connectivity index (χ4v) is 4.84. The minimum absolute atomic E-state index is 0.195. The van der Waals surface area contributed by atoms with Gasteiger partial charge in [0.05, 0.1) is 11.4 Å². The van der Waals surface area contributed by atoms with Crippen molar-refractivity contribution < 1.29 is 4.39 Å². The van der Waals surface area contributed by atoms with E-state index in [0.29, 0.717) is 0 Å². The zero-order valence-corrected chi connectivity index (χ0v) is 12.0. The summed E-state index contributed by atoms with van der Waals surface area (Å²) < 4.78 is 13.2. The molecule has 21 heavy (non-hydrogen) atoms. The number of halogens is 1. The van der Waals surface area contributed by atoms with Gasteiger partial charge in [-0.2, -0.15) is 0 Å². The normalized spacial score (nSPS) is 13.2. The monoisotopic (exact) mass is 294 g/mol. The molecule has 0 fully saturated rings. The average molecular weight is 294 g/mol. The number of anilines is 2. The lowest BCUT2D eigenvalue weighted by Gasteiger charge is -2.20. The Hall–Kier alpha value is -2.26. The predicted molar refractivity (Wildman–Crippen MR) is 84.7 cm³/mol. The summed E-state index contributed by atoms with van der Waals surface area (Å²) in [5, 5.41) is 3.48. The summed E-state index contributed by atoms with van der Waals surface area (Å²) in [5.41, 5.74) is 2.26. The molecule has 0 radical (unpaired) electrons. The van der Waals surface area contributed by atoms with Crippen LogP contribution in [-0.2, 0) is 10.9 Å². The topological polar surface area (TPSA) is 12.0 Å². The van der Waals surface area contributed by atoms with Crippen molar-refractivity contribution in [1.82, 2.24) is 0 Å². The van der Waals surface area contributed by atoms with E-state index in [-0.39, 0.29) is 16.7 Å². The first-order valence-electron chi connectivity index (χ1n) is 6.78. The van der Waals surface area contributed by atoms with E-state index in [2.05, 4.69) is 41.7 Å². The predicted octanol–water partition coefficient (Wildman–Crippen LogP) is 4.98. The van der Waals surface area contributed by atoms with Crippen molar-refractivity contribution in [2.24, 2.45) is 0 Å². The molecule has 0 spiro atoms. The minimum atomic E-state index is -0.195. The number of hydrogen-bond acceptors (Lipinski definition) is 1. The second kappa shape index (κ2) is 4.93. The van der Waals surface area contributed by atoms with Crippen molar-refractivity contribution in [1.29, 1.82) is 0 Å². The van der Waals surface area contributed by atoms with Crippen molar-refractivity contribution >= 4 is 22.3 Å². The lowest BCUT2D eigenvalue weighted by molar-refractivity contribution is 0.626. The van der Waals surface area contributed by atoms with E-state index in [9.17, 15) is 4.39 Å². The van der Waals surface area contributed by atoms with E-state index in [0.717, 1.165) is 16.3 Å². The van der Waals surface area contributed by atoms with Gasteiger partial charge < -0.3 is 5.32 Å². The molecule has 1 nitrogen and oxygen atoms in total. The number of para-hydroxylation sites is 2. The first-order chi connectivity index (χ1) is 10.3. The number of nitrogens with one attached hydrogen (secondary N) is 1.